The normalized spacial score (nSPS) is 19.7. The Kier molecular flexibility index (Phi) is 9.20. The van der Waals surface area contributed by atoms with Gasteiger partial charge in [0, 0.05) is 31.3 Å². The Morgan fingerprint density at radius 1 is 1.22 bits per heavy atom. The number of hydrogen-bond acceptors (Lipinski definition) is 2. The maximum atomic E-state index is 11.7. The fraction of sp³-hybridized carbons (Fsp3) is 0.778. The molecule has 0 aromatic carbocycles. The SMILES string of the molecule is CC(C)C#CCCCNC(=O)CCCCC[C@H]1NC(=O)N[C@H]1C. The smallest absolute Gasteiger partial charge is 0.315 e. The van der Waals surface area contributed by atoms with E-state index in [4.69, 9.17) is 0 Å². The van der Waals surface area contributed by atoms with Crippen LogP contribution in [0.25, 0.3) is 0 Å². The van der Waals surface area contributed by atoms with Crippen molar-refractivity contribution in [1.82, 2.24) is 16.0 Å². The summed E-state index contributed by atoms with van der Waals surface area (Å²) in [6.45, 7) is 6.88. The highest BCUT2D eigenvalue weighted by atomic mass is 16.2. The summed E-state index contributed by atoms with van der Waals surface area (Å²) in [6.07, 6.45) is 6.27. The van der Waals surface area contributed by atoms with Crippen molar-refractivity contribution in [3.05, 3.63) is 0 Å². The molecule has 5 nitrogen and oxygen atoms in total. The van der Waals surface area contributed by atoms with Crippen LogP contribution in [0.2, 0.25) is 0 Å². The topological polar surface area (TPSA) is 70.2 Å². The van der Waals surface area contributed by atoms with Gasteiger partial charge in [0.25, 0.3) is 0 Å². The summed E-state index contributed by atoms with van der Waals surface area (Å²) >= 11 is 0. The van der Waals surface area contributed by atoms with E-state index in [0.717, 1.165) is 38.5 Å². The van der Waals surface area contributed by atoms with Crippen LogP contribution in [-0.2, 0) is 4.79 Å². The van der Waals surface area contributed by atoms with E-state index in [9.17, 15) is 9.59 Å². The molecule has 1 saturated heterocycles. The summed E-state index contributed by atoms with van der Waals surface area (Å²) in [5, 5.41) is 8.70. The zero-order valence-electron chi connectivity index (χ0n) is 14.7. The van der Waals surface area contributed by atoms with Gasteiger partial charge in [-0.1, -0.05) is 26.7 Å². The Morgan fingerprint density at radius 2 is 2.00 bits per heavy atom. The van der Waals surface area contributed by atoms with Crippen molar-refractivity contribution < 1.29 is 9.59 Å². The molecule has 23 heavy (non-hydrogen) atoms. The van der Waals surface area contributed by atoms with Crippen LogP contribution in [0.1, 0.15) is 65.7 Å². The summed E-state index contributed by atoms with van der Waals surface area (Å²) < 4.78 is 0. The first kappa shape index (κ1) is 19.3. The van der Waals surface area contributed by atoms with Crippen LogP contribution in [0.3, 0.4) is 0 Å². The number of hydrogen-bond donors (Lipinski definition) is 3. The second-order valence-electron chi connectivity index (χ2n) is 6.54. The largest absolute Gasteiger partial charge is 0.356 e. The molecule has 3 amide bonds. The molecule has 130 valence electrons. The summed E-state index contributed by atoms with van der Waals surface area (Å²) in [4.78, 5) is 22.8. The predicted molar refractivity (Wildman–Crippen MR) is 92.9 cm³/mol. The van der Waals surface area contributed by atoms with Gasteiger partial charge in [-0.2, -0.15) is 0 Å². The Labute approximate surface area is 140 Å². The minimum Gasteiger partial charge on any atom is -0.356 e. The van der Waals surface area contributed by atoms with Crippen molar-refractivity contribution in [2.24, 2.45) is 5.92 Å². The van der Waals surface area contributed by atoms with Crippen molar-refractivity contribution in [2.75, 3.05) is 6.54 Å². The Morgan fingerprint density at radius 3 is 2.65 bits per heavy atom. The number of nitrogens with one attached hydrogen (secondary N) is 3. The van der Waals surface area contributed by atoms with E-state index < -0.39 is 0 Å². The van der Waals surface area contributed by atoms with Gasteiger partial charge in [0.05, 0.1) is 6.04 Å². The van der Waals surface area contributed by atoms with Gasteiger partial charge in [-0.15, -0.1) is 11.8 Å². The van der Waals surface area contributed by atoms with Crippen molar-refractivity contribution in [3.63, 3.8) is 0 Å². The zero-order valence-corrected chi connectivity index (χ0v) is 14.7. The minimum atomic E-state index is -0.0695. The monoisotopic (exact) mass is 321 g/mol. The maximum absolute atomic E-state index is 11.7. The first-order chi connectivity index (χ1) is 11.0. The first-order valence-electron chi connectivity index (χ1n) is 8.81. The van der Waals surface area contributed by atoms with Gasteiger partial charge in [-0.3, -0.25) is 4.79 Å². The van der Waals surface area contributed by atoms with Crippen LogP contribution in [0.15, 0.2) is 0 Å². The summed E-state index contributed by atoms with van der Waals surface area (Å²) in [6, 6.07) is 0.354. The van der Waals surface area contributed by atoms with E-state index in [0.29, 0.717) is 18.9 Å². The molecule has 1 aliphatic heterocycles. The van der Waals surface area contributed by atoms with Crippen LogP contribution in [0.5, 0.6) is 0 Å². The standard InChI is InChI=1S/C18H31N3O2/c1-14(2)10-6-5-9-13-19-17(22)12-8-4-7-11-16-15(3)20-18(23)21-16/h14-16H,4-5,7-9,11-13H2,1-3H3,(H,19,22)(H2,20,21,23)/t15-,16+/m0/s1. The third-order valence-electron chi connectivity index (χ3n) is 3.89. The summed E-state index contributed by atoms with van der Waals surface area (Å²) in [5.74, 6) is 6.78. The van der Waals surface area contributed by atoms with Crippen LogP contribution >= 0.6 is 0 Å². The summed E-state index contributed by atoms with van der Waals surface area (Å²) in [7, 11) is 0. The van der Waals surface area contributed by atoms with Gasteiger partial charge >= 0.3 is 6.03 Å². The third kappa shape index (κ3) is 9.12. The maximum Gasteiger partial charge on any atom is 0.315 e. The van der Waals surface area contributed by atoms with E-state index in [-0.39, 0.29) is 24.0 Å². The summed E-state index contributed by atoms with van der Waals surface area (Å²) in [5.41, 5.74) is 0. The second kappa shape index (κ2) is 10.9. The van der Waals surface area contributed by atoms with Gasteiger partial charge in [-0.25, -0.2) is 4.79 Å². The molecule has 0 aromatic rings. The van der Waals surface area contributed by atoms with E-state index in [1.165, 1.54) is 0 Å². The molecule has 0 saturated carbocycles. The number of urea groups is 1. The van der Waals surface area contributed by atoms with Gasteiger partial charge in [0.2, 0.25) is 5.91 Å². The molecule has 3 N–H and O–H groups in total. The van der Waals surface area contributed by atoms with E-state index in [1.54, 1.807) is 0 Å². The lowest BCUT2D eigenvalue weighted by Gasteiger charge is -2.13. The number of carbonyl (C=O) groups excluding carboxylic acids is 2. The zero-order chi connectivity index (χ0) is 17.1. The van der Waals surface area contributed by atoms with Gasteiger partial charge < -0.3 is 16.0 Å². The average Bonchev–Trinajstić information content (AvgIpc) is 2.80. The third-order valence-corrected chi connectivity index (χ3v) is 3.89. The molecule has 2 atom stereocenters. The molecule has 0 aliphatic carbocycles. The number of carbonyl (C=O) groups is 2. The highest BCUT2D eigenvalue weighted by Gasteiger charge is 2.26. The lowest BCUT2D eigenvalue weighted by molar-refractivity contribution is -0.121. The van der Waals surface area contributed by atoms with Crippen molar-refractivity contribution in [3.8, 4) is 11.8 Å². The molecule has 1 fully saturated rings. The van der Waals surface area contributed by atoms with Crippen molar-refractivity contribution >= 4 is 11.9 Å². The minimum absolute atomic E-state index is 0.0695. The van der Waals surface area contributed by atoms with Crippen LogP contribution in [-0.4, -0.2) is 30.6 Å². The van der Waals surface area contributed by atoms with Gasteiger partial charge in [0.15, 0.2) is 0 Å². The van der Waals surface area contributed by atoms with Crippen LogP contribution in [0, 0.1) is 17.8 Å². The second-order valence-corrected chi connectivity index (χ2v) is 6.54. The molecule has 1 rings (SSSR count). The fourth-order valence-corrected chi connectivity index (χ4v) is 2.56. The lowest BCUT2D eigenvalue weighted by atomic mass is 10.0. The average molecular weight is 321 g/mol. The highest BCUT2D eigenvalue weighted by Crippen LogP contribution is 2.11. The van der Waals surface area contributed by atoms with Crippen molar-refractivity contribution in [1.29, 1.82) is 0 Å². The van der Waals surface area contributed by atoms with Crippen molar-refractivity contribution in [2.45, 2.75) is 77.8 Å². The molecule has 0 radical (unpaired) electrons. The number of unbranched alkanes of at least 4 members (excludes halogenated alkanes) is 3. The Hall–Kier alpha value is -1.70. The predicted octanol–water partition coefficient (Wildman–Crippen LogP) is 2.56. The van der Waals surface area contributed by atoms with Gasteiger partial charge in [0.1, 0.15) is 0 Å². The van der Waals surface area contributed by atoms with Gasteiger partial charge in [-0.05, 0) is 26.2 Å². The molecule has 1 heterocycles. The van der Waals surface area contributed by atoms with E-state index in [2.05, 4.69) is 41.6 Å². The number of rotatable bonds is 9. The van der Waals surface area contributed by atoms with Crippen LogP contribution < -0.4 is 16.0 Å². The highest BCUT2D eigenvalue weighted by molar-refractivity contribution is 5.77. The van der Waals surface area contributed by atoms with E-state index in [1.807, 2.05) is 6.92 Å². The quantitative estimate of drug-likeness (QED) is 0.451. The molecular weight excluding hydrogens is 290 g/mol. The molecule has 0 aromatic heterocycles. The molecule has 0 spiro atoms. The number of amides is 3. The molecule has 1 aliphatic rings. The molecule has 5 heteroatoms. The first-order valence-corrected chi connectivity index (χ1v) is 8.81. The molecular formula is C18H31N3O2. The Balaban J connectivity index is 1.94. The fourth-order valence-electron chi connectivity index (χ4n) is 2.56. The van der Waals surface area contributed by atoms with E-state index >= 15 is 0 Å². The molecule has 0 unspecified atom stereocenters. The van der Waals surface area contributed by atoms with Crippen LogP contribution in [0.4, 0.5) is 4.79 Å². The Bertz CT molecular complexity index is 437. The molecule has 0 bridgehead atoms. The lowest BCUT2D eigenvalue weighted by Crippen LogP contribution is -2.30.